The van der Waals surface area contributed by atoms with E-state index in [1.54, 1.807) is 26.0 Å². The van der Waals surface area contributed by atoms with Crippen LogP contribution >= 0.6 is 0 Å². The summed E-state index contributed by atoms with van der Waals surface area (Å²) >= 11 is 0. The zero-order valence-corrected chi connectivity index (χ0v) is 13.0. The number of carboxylic acids is 1. The third kappa shape index (κ3) is 2.42. The zero-order chi connectivity index (χ0) is 16.9. The van der Waals surface area contributed by atoms with Gasteiger partial charge in [0.1, 0.15) is 0 Å². The minimum absolute atomic E-state index is 0.314. The minimum atomic E-state index is -0.955. The maximum atomic E-state index is 12.3. The first-order chi connectivity index (χ1) is 10.7. The molecule has 2 aliphatic rings. The molecule has 7 nitrogen and oxygen atoms in total. The lowest BCUT2D eigenvalue weighted by atomic mass is 10.1. The molecule has 7 heteroatoms. The zero-order valence-electron chi connectivity index (χ0n) is 13.0. The number of benzene rings is 1. The number of primary amides is 1. The highest BCUT2D eigenvalue weighted by molar-refractivity contribution is 6.01. The summed E-state index contributed by atoms with van der Waals surface area (Å²) < 4.78 is 0. The van der Waals surface area contributed by atoms with Gasteiger partial charge in [-0.15, -0.1) is 0 Å². The van der Waals surface area contributed by atoms with E-state index >= 15 is 0 Å². The van der Waals surface area contributed by atoms with Gasteiger partial charge in [-0.1, -0.05) is 19.9 Å². The molecule has 1 fully saturated rings. The number of nitrogens with two attached hydrogens (primary N) is 1. The number of hydrogen-bond donors (Lipinski definition) is 3. The number of urea groups is 1. The molecule has 1 aliphatic heterocycles. The summed E-state index contributed by atoms with van der Waals surface area (Å²) in [5.74, 6) is -2.49. The minimum Gasteiger partial charge on any atom is -0.481 e. The van der Waals surface area contributed by atoms with Gasteiger partial charge in [-0.05, 0) is 29.5 Å². The van der Waals surface area contributed by atoms with Crippen LogP contribution in [0.2, 0.25) is 0 Å². The summed E-state index contributed by atoms with van der Waals surface area (Å²) in [6, 6.07) is 4.78. The highest BCUT2D eigenvalue weighted by Crippen LogP contribution is 2.58. The van der Waals surface area contributed by atoms with Gasteiger partial charge in [-0.25, -0.2) is 4.79 Å². The molecule has 1 aromatic carbocycles. The number of nitrogens with zero attached hydrogens (tertiary/aromatic N) is 1. The van der Waals surface area contributed by atoms with Gasteiger partial charge < -0.3 is 16.2 Å². The molecular formula is C16H19N3O4. The second-order valence-electron chi connectivity index (χ2n) is 6.69. The fraction of sp³-hybridized carbons (Fsp3) is 0.438. The number of rotatable bonds is 3. The van der Waals surface area contributed by atoms with Crippen molar-refractivity contribution in [1.29, 1.82) is 0 Å². The molecule has 1 saturated carbocycles. The highest BCUT2D eigenvalue weighted by Gasteiger charge is 2.65. The van der Waals surface area contributed by atoms with Gasteiger partial charge in [-0.2, -0.15) is 0 Å². The number of amides is 3. The Hall–Kier alpha value is -2.57. The average Bonchev–Trinajstić information content (AvgIpc) is 2.83. The Morgan fingerprint density at radius 1 is 1.30 bits per heavy atom. The molecule has 23 heavy (non-hydrogen) atoms. The third-order valence-electron chi connectivity index (χ3n) is 4.89. The molecule has 0 aromatic heterocycles. The molecule has 1 aromatic rings. The van der Waals surface area contributed by atoms with Crippen LogP contribution in [0.25, 0.3) is 0 Å². The van der Waals surface area contributed by atoms with Crippen LogP contribution in [0.15, 0.2) is 18.2 Å². The fourth-order valence-corrected chi connectivity index (χ4v) is 3.49. The SMILES string of the molecule is CC1(C)[C@H](C(=O)O)[C@@H]1C(=O)Nc1ccc2c(c1)N(C(N)=O)CC2. The normalized spacial score (nSPS) is 24.0. The van der Waals surface area contributed by atoms with Crippen LogP contribution in [0, 0.1) is 17.3 Å². The molecular weight excluding hydrogens is 298 g/mol. The Labute approximate surface area is 133 Å². The van der Waals surface area contributed by atoms with E-state index in [0.29, 0.717) is 17.9 Å². The summed E-state index contributed by atoms with van der Waals surface area (Å²) in [5, 5.41) is 11.9. The predicted molar refractivity (Wildman–Crippen MR) is 84.1 cm³/mol. The van der Waals surface area contributed by atoms with Gasteiger partial charge in [0.15, 0.2) is 0 Å². The molecule has 0 saturated heterocycles. The summed E-state index contributed by atoms with van der Waals surface area (Å²) in [6.07, 6.45) is 0.725. The van der Waals surface area contributed by atoms with Crippen LogP contribution in [-0.2, 0) is 16.0 Å². The van der Waals surface area contributed by atoms with Crippen molar-refractivity contribution in [3.63, 3.8) is 0 Å². The van der Waals surface area contributed by atoms with Gasteiger partial charge >= 0.3 is 12.0 Å². The number of anilines is 2. The second-order valence-corrected chi connectivity index (χ2v) is 6.69. The number of carbonyl (C=O) groups excluding carboxylic acids is 2. The van der Waals surface area contributed by atoms with E-state index in [1.807, 2.05) is 6.07 Å². The van der Waals surface area contributed by atoms with E-state index in [9.17, 15) is 14.4 Å². The van der Waals surface area contributed by atoms with Crippen molar-refractivity contribution >= 4 is 29.3 Å². The first-order valence-corrected chi connectivity index (χ1v) is 7.47. The number of hydrogen-bond acceptors (Lipinski definition) is 3. The van der Waals surface area contributed by atoms with Crippen LogP contribution in [0.5, 0.6) is 0 Å². The molecule has 1 aliphatic carbocycles. The molecule has 0 radical (unpaired) electrons. The Balaban J connectivity index is 1.77. The van der Waals surface area contributed by atoms with Crippen molar-refractivity contribution < 1.29 is 19.5 Å². The molecule has 4 N–H and O–H groups in total. The van der Waals surface area contributed by atoms with Gasteiger partial charge in [0.25, 0.3) is 0 Å². The van der Waals surface area contributed by atoms with Crippen molar-refractivity contribution in [2.75, 3.05) is 16.8 Å². The first kappa shape index (κ1) is 15.3. The van der Waals surface area contributed by atoms with E-state index in [2.05, 4.69) is 5.32 Å². The molecule has 1 heterocycles. The van der Waals surface area contributed by atoms with E-state index in [4.69, 9.17) is 10.8 Å². The lowest BCUT2D eigenvalue weighted by Crippen LogP contribution is -2.34. The molecule has 3 rings (SSSR count). The summed E-state index contributed by atoms with van der Waals surface area (Å²) in [7, 11) is 0. The van der Waals surface area contributed by atoms with Crippen LogP contribution < -0.4 is 16.0 Å². The number of nitrogens with one attached hydrogen (secondary N) is 1. The molecule has 0 spiro atoms. The quantitative estimate of drug-likeness (QED) is 0.782. The number of carboxylic acid groups (broad SMARTS) is 1. The molecule has 2 atom stereocenters. The number of carbonyl (C=O) groups is 3. The van der Waals surface area contributed by atoms with Gasteiger partial charge in [0.05, 0.1) is 17.5 Å². The maximum absolute atomic E-state index is 12.3. The summed E-state index contributed by atoms with van der Waals surface area (Å²) in [5.41, 5.74) is 7.02. The fourth-order valence-electron chi connectivity index (χ4n) is 3.49. The third-order valence-corrected chi connectivity index (χ3v) is 4.89. The van der Waals surface area contributed by atoms with Crippen molar-refractivity contribution in [1.82, 2.24) is 0 Å². The second kappa shape index (κ2) is 4.97. The van der Waals surface area contributed by atoms with Crippen LogP contribution in [-0.4, -0.2) is 29.6 Å². The monoisotopic (exact) mass is 317 g/mol. The summed E-state index contributed by atoms with van der Waals surface area (Å²) in [6.45, 7) is 4.07. The first-order valence-electron chi connectivity index (χ1n) is 7.47. The van der Waals surface area contributed by atoms with E-state index in [0.717, 1.165) is 12.0 Å². The van der Waals surface area contributed by atoms with Crippen molar-refractivity contribution in [2.45, 2.75) is 20.3 Å². The van der Waals surface area contributed by atoms with E-state index in [-0.39, 0.29) is 5.91 Å². The predicted octanol–water partition coefficient (Wildman–Crippen LogP) is 1.42. The molecule has 0 bridgehead atoms. The van der Waals surface area contributed by atoms with Gasteiger partial charge in [0, 0.05) is 12.2 Å². The van der Waals surface area contributed by atoms with Crippen molar-refractivity contribution in [3.8, 4) is 0 Å². The molecule has 3 amide bonds. The molecule has 0 unspecified atom stereocenters. The van der Waals surface area contributed by atoms with Crippen LogP contribution in [0.3, 0.4) is 0 Å². The van der Waals surface area contributed by atoms with Crippen molar-refractivity contribution in [2.24, 2.45) is 23.0 Å². The van der Waals surface area contributed by atoms with Crippen molar-refractivity contribution in [3.05, 3.63) is 23.8 Å². The van der Waals surface area contributed by atoms with E-state index < -0.39 is 29.3 Å². The topological polar surface area (TPSA) is 113 Å². The largest absolute Gasteiger partial charge is 0.481 e. The van der Waals surface area contributed by atoms with Crippen LogP contribution in [0.1, 0.15) is 19.4 Å². The Kier molecular flexibility index (Phi) is 3.31. The lowest BCUT2D eigenvalue weighted by Gasteiger charge is -2.15. The lowest BCUT2D eigenvalue weighted by molar-refractivity contribution is -0.140. The highest BCUT2D eigenvalue weighted by atomic mass is 16.4. The smallest absolute Gasteiger partial charge is 0.319 e. The average molecular weight is 317 g/mol. The summed E-state index contributed by atoms with van der Waals surface area (Å²) in [4.78, 5) is 36.4. The molecule has 122 valence electrons. The maximum Gasteiger partial charge on any atom is 0.319 e. The number of fused-ring (bicyclic) bond motifs is 1. The standard InChI is InChI=1S/C16H19N3O4/c1-16(2)11(12(16)14(21)22)13(20)18-9-4-3-8-5-6-19(15(17)23)10(8)7-9/h3-4,7,11-12H,5-6H2,1-2H3,(H2,17,23)(H,18,20)(H,21,22)/t11-,12+/m1/s1. The Bertz CT molecular complexity index is 713. The Morgan fingerprint density at radius 3 is 2.57 bits per heavy atom. The number of aliphatic carboxylic acids is 1. The van der Waals surface area contributed by atoms with Gasteiger partial charge in [-0.3, -0.25) is 14.5 Å². The van der Waals surface area contributed by atoms with Crippen LogP contribution in [0.4, 0.5) is 16.2 Å². The van der Waals surface area contributed by atoms with E-state index in [1.165, 1.54) is 4.90 Å². The van der Waals surface area contributed by atoms with Gasteiger partial charge in [0.2, 0.25) is 5.91 Å². The Morgan fingerprint density at radius 2 is 2.00 bits per heavy atom.